The number of nitrogens with zero attached hydrogens (tertiary/aromatic N) is 2. The van der Waals surface area contributed by atoms with Gasteiger partial charge < -0.3 is 4.74 Å². The van der Waals surface area contributed by atoms with Crippen molar-refractivity contribution in [2.75, 3.05) is 6.61 Å². The first-order valence-corrected chi connectivity index (χ1v) is 5.52. The number of nitro benzene ring substituents is 1. The highest BCUT2D eigenvalue weighted by atomic mass is 16.6. The number of hydrogen-bond acceptors (Lipinski definition) is 4. The van der Waals surface area contributed by atoms with Crippen molar-refractivity contribution in [2.24, 2.45) is 5.92 Å². The second kappa shape index (κ2) is 4.83. The first-order valence-electron chi connectivity index (χ1n) is 5.52. The van der Waals surface area contributed by atoms with Gasteiger partial charge in [-0.2, -0.15) is 5.26 Å². The van der Waals surface area contributed by atoms with Gasteiger partial charge in [0, 0.05) is 12.1 Å². The van der Waals surface area contributed by atoms with Crippen molar-refractivity contribution in [1.29, 1.82) is 5.26 Å². The molecule has 88 valence electrons. The normalized spacial score (nSPS) is 14.1. The zero-order chi connectivity index (χ0) is 12.3. The molecule has 1 aliphatic rings. The summed E-state index contributed by atoms with van der Waals surface area (Å²) in [5.41, 5.74) is -0.138. The molecule has 17 heavy (non-hydrogen) atoms. The topological polar surface area (TPSA) is 76.2 Å². The summed E-state index contributed by atoms with van der Waals surface area (Å²) in [6.45, 7) is 0.605. The maximum absolute atomic E-state index is 10.6. The van der Waals surface area contributed by atoms with Gasteiger partial charge in [0.1, 0.15) is 17.4 Å². The molecule has 0 amide bonds. The molecule has 0 heterocycles. The molecule has 0 spiro atoms. The van der Waals surface area contributed by atoms with Crippen molar-refractivity contribution < 1.29 is 9.66 Å². The molecule has 5 heteroatoms. The lowest BCUT2D eigenvalue weighted by Gasteiger charge is -2.05. The van der Waals surface area contributed by atoms with Crippen molar-refractivity contribution >= 4 is 5.69 Å². The summed E-state index contributed by atoms with van der Waals surface area (Å²) < 4.78 is 5.46. The van der Waals surface area contributed by atoms with Crippen LogP contribution in [0.15, 0.2) is 18.2 Å². The van der Waals surface area contributed by atoms with E-state index in [0.29, 0.717) is 12.4 Å². The Labute approximate surface area is 98.8 Å². The van der Waals surface area contributed by atoms with Crippen LogP contribution in [0.25, 0.3) is 0 Å². The van der Waals surface area contributed by atoms with Crippen molar-refractivity contribution in [3.05, 3.63) is 33.9 Å². The van der Waals surface area contributed by atoms with E-state index in [1.54, 1.807) is 0 Å². The highest BCUT2D eigenvalue weighted by Crippen LogP contribution is 2.32. The Kier molecular flexibility index (Phi) is 3.24. The van der Waals surface area contributed by atoms with Crippen LogP contribution in [0.2, 0.25) is 0 Å². The van der Waals surface area contributed by atoms with E-state index in [2.05, 4.69) is 0 Å². The fraction of sp³-hybridized carbons (Fsp3) is 0.417. The minimum absolute atomic E-state index is 0.0407. The monoisotopic (exact) mass is 232 g/mol. The molecule has 0 unspecified atom stereocenters. The van der Waals surface area contributed by atoms with E-state index < -0.39 is 4.92 Å². The predicted octanol–water partition coefficient (Wildman–Crippen LogP) is 2.65. The summed E-state index contributed by atoms with van der Waals surface area (Å²) in [6, 6.07) is 6.07. The summed E-state index contributed by atoms with van der Waals surface area (Å²) >= 11 is 0. The quantitative estimate of drug-likeness (QED) is 0.577. The molecule has 0 atom stereocenters. The number of nitriles is 1. The minimum atomic E-state index is -0.563. The summed E-state index contributed by atoms with van der Waals surface area (Å²) in [4.78, 5) is 10.1. The Morgan fingerprint density at radius 2 is 2.29 bits per heavy atom. The lowest BCUT2D eigenvalue weighted by Crippen LogP contribution is -1.99. The average molecular weight is 232 g/mol. The second-order valence-electron chi connectivity index (χ2n) is 4.13. The Morgan fingerprint density at radius 3 is 2.88 bits per heavy atom. The van der Waals surface area contributed by atoms with Crippen LogP contribution in [0.1, 0.15) is 24.8 Å². The molecule has 1 saturated carbocycles. The summed E-state index contributed by atoms with van der Waals surface area (Å²) in [5, 5.41) is 19.4. The smallest absolute Gasteiger partial charge is 0.287 e. The zero-order valence-corrected chi connectivity index (χ0v) is 9.26. The van der Waals surface area contributed by atoms with E-state index in [9.17, 15) is 10.1 Å². The van der Waals surface area contributed by atoms with Gasteiger partial charge in [0.05, 0.1) is 11.5 Å². The van der Waals surface area contributed by atoms with Crippen LogP contribution in [0, 0.1) is 27.4 Å². The number of hydrogen-bond donors (Lipinski definition) is 0. The van der Waals surface area contributed by atoms with Gasteiger partial charge in [-0.05, 0) is 18.4 Å². The van der Waals surface area contributed by atoms with Gasteiger partial charge in [-0.1, -0.05) is 12.8 Å². The molecular weight excluding hydrogens is 220 g/mol. The van der Waals surface area contributed by atoms with E-state index in [4.69, 9.17) is 10.00 Å². The fourth-order valence-corrected chi connectivity index (χ4v) is 1.60. The molecule has 0 aliphatic heterocycles. The highest BCUT2D eigenvalue weighted by Gasteiger charge is 2.21. The number of nitro groups is 1. The fourth-order valence-electron chi connectivity index (χ4n) is 1.60. The SMILES string of the molecule is N#Cc1cc(OCCC2CC2)ccc1[N+](=O)[O-]. The van der Waals surface area contributed by atoms with Gasteiger partial charge in [0.2, 0.25) is 0 Å². The minimum Gasteiger partial charge on any atom is -0.494 e. The standard InChI is InChI=1S/C12H12N2O3/c13-8-10-7-11(3-4-12(10)14(15)16)17-6-5-9-1-2-9/h3-4,7,9H,1-2,5-6H2. The van der Waals surface area contributed by atoms with E-state index in [1.807, 2.05) is 6.07 Å². The number of ether oxygens (including phenoxy) is 1. The van der Waals surface area contributed by atoms with E-state index in [0.717, 1.165) is 12.3 Å². The Balaban J connectivity index is 2.02. The van der Waals surface area contributed by atoms with Crippen LogP contribution in [0.5, 0.6) is 5.75 Å². The largest absolute Gasteiger partial charge is 0.494 e. The summed E-state index contributed by atoms with van der Waals surface area (Å²) in [5.74, 6) is 1.30. The third-order valence-corrected chi connectivity index (χ3v) is 2.78. The Hall–Kier alpha value is -2.09. The van der Waals surface area contributed by atoms with E-state index in [1.165, 1.54) is 31.0 Å². The Bertz CT molecular complexity index is 475. The van der Waals surface area contributed by atoms with Crippen molar-refractivity contribution in [3.8, 4) is 11.8 Å². The van der Waals surface area contributed by atoms with Gasteiger partial charge >= 0.3 is 0 Å². The maximum Gasteiger partial charge on any atom is 0.287 e. The summed E-state index contributed by atoms with van der Waals surface area (Å²) in [7, 11) is 0. The molecule has 0 saturated heterocycles. The van der Waals surface area contributed by atoms with E-state index >= 15 is 0 Å². The maximum atomic E-state index is 10.6. The zero-order valence-electron chi connectivity index (χ0n) is 9.26. The van der Waals surface area contributed by atoms with Gasteiger partial charge in [-0.25, -0.2) is 0 Å². The summed E-state index contributed by atoms with van der Waals surface area (Å²) in [6.07, 6.45) is 3.55. The van der Waals surface area contributed by atoms with Crippen molar-refractivity contribution in [2.45, 2.75) is 19.3 Å². The third-order valence-electron chi connectivity index (χ3n) is 2.78. The number of benzene rings is 1. The average Bonchev–Trinajstić information content (AvgIpc) is 3.12. The third kappa shape index (κ3) is 2.94. The van der Waals surface area contributed by atoms with Gasteiger partial charge in [-0.3, -0.25) is 10.1 Å². The molecule has 5 nitrogen and oxygen atoms in total. The predicted molar refractivity (Wildman–Crippen MR) is 60.6 cm³/mol. The van der Waals surface area contributed by atoms with Crippen LogP contribution in [-0.2, 0) is 0 Å². The second-order valence-corrected chi connectivity index (χ2v) is 4.13. The van der Waals surface area contributed by atoms with E-state index in [-0.39, 0.29) is 11.3 Å². The molecule has 2 rings (SSSR count). The molecule has 1 aliphatic carbocycles. The van der Waals surface area contributed by atoms with Gasteiger partial charge in [-0.15, -0.1) is 0 Å². The van der Waals surface area contributed by atoms with Gasteiger partial charge in [0.15, 0.2) is 0 Å². The molecule has 0 aromatic heterocycles. The first kappa shape index (κ1) is 11.4. The van der Waals surface area contributed by atoms with Crippen LogP contribution < -0.4 is 4.74 Å². The number of rotatable bonds is 5. The van der Waals surface area contributed by atoms with Crippen LogP contribution in [0.4, 0.5) is 5.69 Å². The molecule has 1 aromatic carbocycles. The molecule has 0 bridgehead atoms. The molecule has 1 aromatic rings. The van der Waals surface area contributed by atoms with Crippen LogP contribution >= 0.6 is 0 Å². The molecule has 0 N–H and O–H groups in total. The molecular formula is C12H12N2O3. The highest BCUT2D eigenvalue weighted by molar-refractivity contribution is 5.52. The lowest BCUT2D eigenvalue weighted by molar-refractivity contribution is -0.385. The van der Waals surface area contributed by atoms with Gasteiger partial charge in [0.25, 0.3) is 5.69 Å². The molecule has 0 radical (unpaired) electrons. The van der Waals surface area contributed by atoms with Crippen LogP contribution in [0.3, 0.4) is 0 Å². The lowest BCUT2D eigenvalue weighted by atomic mass is 10.2. The van der Waals surface area contributed by atoms with Crippen LogP contribution in [-0.4, -0.2) is 11.5 Å². The Morgan fingerprint density at radius 1 is 1.53 bits per heavy atom. The molecule has 1 fully saturated rings. The van der Waals surface area contributed by atoms with Crippen molar-refractivity contribution in [1.82, 2.24) is 0 Å². The van der Waals surface area contributed by atoms with Crippen molar-refractivity contribution in [3.63, 3.8) is 0 Å². The first-order chi connectivity index (χ1) is 8.20.